The van der Waals surface area contributed by atoms with Gasteiger partial charge in [0.1, 0.15) is 0 Å². The predicted octanol–water partition coefficient (Wildman–Crippen LogP) is 15.8. The van der Waals surface area contributed by atoms with Gasteiger partial charge in [0.2, 0.25) is 0 Å². The second-order valence-corrected chi connectivity index (χ2v) is 15.7. The first-order chi connectivity index (χ1) is 29.2. The van der Waals surface area contributed by atoms with Crippen molar-refractivity contribution in [2.24, 2.45) is 0 Å². The van der Waals surface area contributed by atoms with E-state index in [4.69, 9.17) is 0 Å². The van der Waals surface area contributed by atoms with Crippen molar-refractivity contribution in [3.63, 3.8) is 0 Å². The van der Waals surface area contributed by atoms with Crippen molar-refractivity contribution < 1.29 is 0 Å². The molecule has 0 N–H and O–H groups in total. The summed E-state index contributed by atoms with van der Waals surface area (Å²) in [4.78, 5) is 2.49. The lowest BCUT2D eigenvalue weighted by molar-refractivity contribution is 0.714. The van der Waals surface area contributed by atoms with E-state index in [1.54, 1.807) is 0 Å². The molecule has 0 aromatic heterocycles. The van der Waals surface area contributed by atoms with Crippen LogP contribution in [0.3, 0.4) is 0 Å². The second kappa shape index (κ2) is 14.2. The van der Waals surface area contributed by atoms with Crippen LogP contribution in [0.15, 0.2) is 231 Å². The molecular formula is C58H41N. The number of para-hydroxylation sites is 1. The largest absolute Gasteiger partial charge is 0.310 e. The van der Waals surface area contributed by atoms with Crippen LogP contribution in [0.1, 0.15) is 23.6 Å². The van der Waals surface area contributed by atoms with Crippen molar-refractivity contribution in [3.05, 3.63) is 247 Å². The molecule has 1 nitrogen and oxygen atoms in total. The fourth-order valence-corrected chi connectivity index (χ4v) is 9.79. The molecule has 11 rings (SSSR count). The summed E-state index contributed by atoms with van der Waals surface area (Å²) >= 11 is 0. The van der Waals surface area contributed by atoms with Gasteiger partial charge in [-0.3, -0.25) is 0 Å². The van der Waals surface area contributed by atoms with Gasteiger partial charge in [-0.2, -0.15) is 0 Å². The van der Waals surface area contributed by atoms with Crippen LogP contribution < -0.4 is 4.90 Å². The van der Waals surface area contributed by atoms with Crippen LogP contribution in [0.25, 0.3) is 66.1 Å². The molecule has 59 heavy (non-hydrogen) atoms. The molecule has 0 saturated heterocycles. The molecule has 0 heterocycles. The zero-order valence-corrected chi connectivity index (χ0v) is 32.9. The lowest BCUT2D eigenvalue weighted by Crippen LogP contribution is -2.22. The van der Waals surface area contributed by atoms with Crippen LogP contribution in [0.4, 0.5) is 17.1 Å². The zero-order valence-electron chi connectivity index (χ0n) is 32.9. The maximum Gasteiger partial charge on any atom is 0.0540 e. The third kappa shape index (κ3) is 5.62. The first-order valence-corrected chi connectivity index (χ1v) is 20.5. The van der Waals surface area contributed by atoms with E-state index < -0.39 is 0 Å². The van der Waals surface area contributed by atoms with Crippen molar-refractivity contribution >= 4 is 38.6 Å². The van der Waals surface area contributed by atoms with Gasteiger partial charge in [-0.25, -0.2) is 0 Å². The average molecular weight is 752 g/mol. The van der Waals surface area contributed by atoms with Gasteiger partial charge in [-0.15, -0.1) is 0 Å². The molecule has 0 saturated carbocycles. The van der Waals surface area contributed by atoms with E-state index >= 15 is 0 Å². The van der Waals surface area contributed by atoms with Crippen molar-refractivity contribution in [2.45, 2.75) is 12.3 Å². The highest BCUT2D eigenvalue weighted by Crippen LogP contribution is 2.55. The Balaban J connectivity index is 1.22. The topological polar surface area (TPSA) is 3.24 Å². The monoisotopic (exact) mass is 751 g/mol. The summed E-state index contributed by atoms with van der Waals surface area (Å²) in [6, 6.07) is 84.6. The van der Waals surface area contributed by atoms with E-state index in [1.165, 1.54) is 82.7 Å². The van der Waals surface area contributed by atoms with Gasteiger partial charge in [0.05, 0.1) is 5.69 Å². The van der Waals surface area contributed by atoms with Gasteiger partial charge < -0.3 is 4.90 Å². The van der Waals surface area contributed by atoms with Crippen LogP contribution in [-0.4, -0.2) is 0 Å². The van der Waals surface area contributed by atoms with Crippen LogP contribution in [0.5, 0.6) is 0 Å². The van der Waals surface area contributed by atoms with Crippen LogP contribution >= 0.6 is 0 Å². The Morgan fingerprint density at radius 1 is 0.322 bits per heavy atom. The zero-order chi connectivity index (χ0) is 39.3. The number of anilines is 3. The molecule has 10 aromatic rings. The second-order valence-electron chi connectivity index (χ2n) is 15.7. The van der Waals surface area contributed by atoms with Gasteiger partial charge in [0, 0.05) is 22.4 Å². The van der Waals surface area contributed by atoms with E-state index in [-0.39, 0.29) is 5.41 Å². The Hall–Kier alpha value is -7.48. The minimum Gasteiger partial charge on any atom is -0.310 e. The summed E-state index contributed by atoms with van der Waals surface area (Å²) < 4.78 is 0. The smallest absolute Gasteiger partial charge is 0.0540 e. The minimum atomic E-state index is -0.332. The van der Waals surface area contributed by atoms with Crippen molar-refractivity contribution in [2.75, 3.05) is 4.90 Å². The molecule has 0 amide bonds. The Bertz CT molecular complexity index is 3150. The van der Waals surface area contributed by atoms with Crippen LogP contribution in [0.2, 0.25) is 0 Å². The fraction of sp³-hybridized carbons (Fsp3) is 0.0345. The number of hydrogen-bond acceptors (Lipinski definition) is 1. The maximum absolute atomic E-state index is 2.49. The van der Waals surface area contributed by atoms with Crippen molar-refractivity contribution in [3.8, 4) is 44.5 Å². The van der Waals surface area contributed by atoms with Gasteiger partial charge in [-0.05, 0) is 114 Å². The third-order valence-corrected chi connectivity index (χ3v) is 12.5. The molecule has 0 bridgehead atoms. The maximum atomic E-state index is 2.49. The SMILES string of the molecule is CC1(c2ccccc2)c2ccccc2-c2ccc(N(c3ccc4c(c3)c(-c3ccccc3)c(-c3ccccc3)c3ccccc34)c3ccccc3-c3ccccc3)cc21. The van der Waals surface area contributed by atoms with E-state index in [2.05, 4.69) is 242 Å². The van der Waals surface area contributed by atoms with Gasteiger partial charge in [-0.1, -0.05) is 200 Å². The van der Waals surface area contributed by atoms with Crippen LogP contribution in [0, 0.1) is 0 Å². The lowest BCUT2D eigenvalue weighted by atomic mass is 9.74. The highest BCUT2D eigenvalue weighted by atomic mass is 15.1. The highest BCUT2D eigenvalue weighted by Gasteiger charge is 2.41. The van der Waals surface area contributed by atoms with Crippen LogP contribution in [-0.2, 0) is 5.41 Å². The Labute approximate surface area is 346 Å². The quantitative estimate of drug-likeness (QED) is 0.147. The molecule has 1 heteroatoms. The molecule has 1 aliphatic rings. The molecule has 0 spiro atoms. The van der Waals surface area contributed by atoms with E-state index in [0.29, 0.717) is 0 Å². The highest BCUT2D eigenvalue weighted by molar-refractivity contribution is 6.22. The Kier molecular flexibility index (Phi) is 8.34. The molecule has 1 unspecified atom stereocenters. The van der Waals surface area contributed by atoms with Gasteiger partial charge >= 0.3 is 0 Å². The molecule has 0 radical (unpaired) electrons. The molecule has 278 valence electrons. The Morgan fingerprint density at radius 3 is 1.49 bits per heavy atom. The minimum absolute atomic E-state index is 0.332. The summed E-state index contributed by atoms with van der Waals surface area (Å²) in [6.45, 7) is 2.40. The molecule has 0 aliphatic heterocycles. The molecule has 1 atom stereocenters. The lowest BCUT2D eigenvalue weighted by Gasteiger charge is -2.32. The van der Waals surface area contributed by atoms with E-state index in [0.717, 1.165) is 17.1 Å². The standard InChI is InChI=1S/C58H41N/c1-58(43-26-12-5-13-27-43)53-32-18-16-30-49(53)50-37-35-45(39-54(50)58)59(55-33-19-17-28-46(55)40-20-6-2-7-21-40)44-34-36-48-47-29-14-15-31-51(47)56(41-22-8-3-9-23-41)57(52(48)38-44)42-24-10-4-11-25-42/h2-39H,1H3. The first kappa shape index (κ1) is 34.7. The normalized spacial score (nSPS) is 14.3. The number of rotatable bonds is 7. The van der Waals surface area contributed by atoms with Crippen molar-refractivity contribution in [1.82, 2.24) is 0 Å². The third-order valence-electron chi connectivity index (χ3n) is 12.5. The Morgan fingerprint density at radius 2 is 0.797 bits per heavy atom. The van der Waals surface area contributed by atoms with Gasteiger partial charge in [0.25, 0.3) is 0 Å². The fourth-order valence-electron chi connectivity index (χ4n) is 9.79. The summed E-state index contributed by atoms with van der Waals surface area (Å²) in [5.74, 6) is 0. The van der Waals surface area contributed by atoms with Gasteiger partial charge in [0.15, 0.2) is 0 Å². The summed E-state index contributed by atoms with van der Waals surface area (Å²) in [7, 11) is 0. The predicted molar refractivity (Wildman–Crippen MR) is 250 cm³/mol. The summed E-state index contributed by atoms with van der Waals surface area (Å²) in [6.07, 6.45) is 0. The van der Waals surface area contributed by atoms with E-state index in [9.17, 15) is 0 Å². The average Bonchev–Trinajstić information content (AvgIpc) is 3.57. The number of nitrogens with zero attached hydrogens (tertiary/aromatic N) is 1. The van der Waals surface area contributed by atoms with Crippen molar-refractivity contribution in [1.29, 1.82) is 0 Å². The van der Waals surface area contributed by atoms with E-state index in [1.807, 2.05) is 0 Å². The summed E-state index contributed by atoms with van der Waals surface area (Å²) in [5.41, 5.74) is 16.8. The molecular weight excluding hydrogens is 711 g/mol. The number of benzene rings is 10. The molecule has 0 fully saturated rings. The molecule has 10 aromatic carbocycles. The first-order valence-electron chi connectivity index (χ1n) is 20.5. The number of hydrogen-bond donors (Lipinski definition) is 0. The summed E-state index contributed by atoms with van der Waals surface area (Å²) in [5, 5.41) is 4.96. The molecule has 1 aliphatic carbocycles. The number of fused-ring (bicyclic) bond motifs is 6.